The van der Waals surface area contributed by atoms with Crippen molar-refractivity contribution in [1.82, 2.24) is 0 Å². The van der Waals surface area contributed by atoms with Crippen LogP contribution in [0.1, 0.15) is 36.8 Å². The Kier molecular flexibility index (Phi) is 5.57. The summed E-state index contributed by atoms with van der Waals surface area (Å²) in [7, 11) is 0. The molecule has 2 aromatic carbocycles. The lowest BCUT2D eigenvalue weighted by Gasteiger charge is -2.12. The maximum atomic E-state index is 11.9. The molecule has 0 amide bonds. The molecule has 0 aromatic heterocycles. The van der Waals surface area contributed by atoms with Crippen LogP contribution in [0.2, 0.25) is 0 Å². The molecule has 0 N–H and O–H groups in total. The van der Waals surface area contributed by atoms with Crippen LogP contribution in [0.4, 0.5) is 0 Å². The van der Waals surface area contributed by atoms with Crippen molar-refractivity contribution >= 4 is 23.9 Å². The topological polar surface area (TPSA) is 43.4 Å². The molecular weight excluding hydrogens is 312 g/mol. The fourth-order valence-corrected chi connectivity index (χ4v) is 2.77. The van der Waals surface area contributed by atoms with Crippen LogP contribution in [0, 0.1) is 0 Å². The van der Waals surface area contributed by atoms with Gasteiger partial charge in [-0.05, 0) is 60.2 Å². The number of hydrogen-bond acceptors (Lipinski definition) is 3. The van der Waals surface area contributed by atoms with Crippen molar-refractivity contribution in [3.8, 4) is 5.75 Å². The number of hydrogen-bond donors (Lipinski definition) is 0. The van der Waals surface area contributed by atoms with E-state index in [2.05, 4.69) is 0 Å². The van der Waals surface area contributed by atoms with E-state index in [1.807, 2.05) is 48.5 Å². The lowest BCUT2D eigenvalue weighted by molar-refractivity contribution is -0.128. The van der Waals surface area contributed by atoms with E-state index in [0.717, 1.165) is 36.0 Å². The van der Waals surface area contributed by atoms with Gasteiger partial charge in [-0.25, -0.2) is 4.79 Å². The molecule has 3 nitrogen and oxygen atoms in total. The summed E-state index contributed by atoms with van der Waals surface area (Å²) < 4.78 is 5.29. The Bertz CT molecular complexity index is 799. The van der Waals surface area contributed by atoms with Gasteiger partial charge >= 0.3 is 5.97 Å². The quantitative estimate of drug-likeness (QED) is 0.457. The molecule has 1 aliphatic rings. The van der Waals surface area contributed by atoms with Crippen LogP contribution < -0.4 is 4.74 Å². The van der Waals surface area contributed by atoms with Gasteiger partial charge in [-0.15, -0.1) is 0 Å². The van der Waals surface area contributed by atoms with E-state index < -0.39 is 5.97 Å². The lowest BCUT2D eigenvalue weighted by atomic mass is 9.92. The number of carbonyl (C=O) groups excluding carboxylic acids is 2. The highest BCUT2D eigenvalue weighted by Crippen LogP contribution is 2.23. The summed E-state index contributed by atoms with van der Waals surface area (Å²) >= 11 is 0. The maximum Gasteiger partial charge on any atom is 0.336 e. The monoisotopic (exact) mass is 332 g/mol. The fraction of sp³-hybridized carbons (Fsp3) is 0.182. The minimum Gasteiger partial charge on any atom is -0.423 e. The molecular formula is C22H20O3. The van der Waals surface area contributed by atoms with Crippen molar-refractivity contribution in [1.29, 1.82) is 0 Å². The van der Waals surface area contributed by atoms with E-state index in [-0.39, 0.29) is 5.78 Å². The molecule has 2 aromatic rings. The van der Waals surface area contributed by atoms with E-state index >= 15 is 0 Å². The smallest absolute Gasteiger partial charge is 0.336 e. The molecule has 1 aliphatic carbocycles. The molecule has 3 heteroatoms. The molecule has 0 bridgehead atoms. The lowest BCUT2D eigenvalue weighted by Crippen LogP contribution is -2.08. The van der Waals surface area contributed by atoms with Crippen molar-refractivity contribution in [3.63, 3.8) is 0 Å². The molecule has 25 heavy (non-hydrogen) atoms. The van der Waals surface area contributed by atoms with E-state index in [9.17, 15) is 9.59 Å². The van der Waals surface area contributed by atoms with Gasteiger partial charge in [0.05, 0.1) is 0 Å². The van der Waals surface area contributed by atoms with Crippen LogP contribution in [0.5, 0.6) is 5.75 Å². The van der Waals surface area contributed by atoms with Gasteiger partial charge in [-0.2, -0.15) is 0 Å². The minimum atomic E-state index is -0.419. The largest absolute Gasteiger partial charge is 0.423 e. The maximum absolute atomic E-state index is 11.9. The van der Waals surface area contributed by atoms with Crippen LogP contribution in [0.3, 0.4) is 0 Å². The average Bonchev–Trinajstić information content (AvgIpc) is 2.64. The highest BCUT2D eigenvalue weighted by molar-refractivity contribution is 6.00. The van der Waals surface area contributed by atoms with Gasteiger partial charge in [-0.1, -0.05) is 42.5 Å². The molecule has 126 valence electrons. The first-order valence-corrected chi connectivity index (χ1v) is 8.49. The second kappa shape index (κ2) is 8.25. The van der Waals surface area contributed by atoms with E-state index in [1.54, 1.807) is 18.2 Å². The Balaban J connectivity index is 1.60. The van der Waals surface area contributed by atoms with Crippen LogP contribution in [-0.2, 0) is 9.59 Å². The first-order valence-electron chi connectivity index (χ1n) is 8.49. The zero-order valence-electron chi connectivity index (χ0n) is 14.0. The predicted octanol–water partition coefficient (Wildman–Crippen LogP) is 4.83. The zero-order chi connectivity index (χ0) is 17.5. The molecule has 0 unspecified atom stereocenters. The first-order chi connectivity index (χ1) is 12.2. The fourth-order valence-electron chi connectivity index (χ4n) is 2.77. The third-order valence-electron chi connectivity index (χ3n) is 4.11. The van der Waals surface area contributed by atoms with Gasteiger partial charge in [-0.3, -0.25) is 4.79 Å². The number of ketones is 1. The standard InChI is InChI=1S/C22H20O3/c23-21-9-5-4-8-19(21)16-18-10-13-20(14-11-18)25-22(24)15-12-17-6-2-1-3-7-17/h1-3,6-7,10-16H,4-5,8-9H2. The SMILES string of the molecule is O=C(C=Cc1ccccc1)Oc1ccc(C=C2CCCCC2=O)cc1. The molecule has 0 aliphatic heterocycles. The number of ether oxygens (including phenoxy) is 1. The molecule has 0 saturated heterocycles. The summed E-state index contributed by atoms with van der Waals surface area (Å²) in [6.07, 6.45) is 8.61. The number of allylic oxidation sites excluding steroid dienone is 1. The van der Waals surface area contributed by atoms with Crippen molar-refractivity contribution in [2.45, 2.75) is 25.7 Å². The molecule has 0 spiro atoms. The normalized spacial score (nSPS) is 16.3. The van der Waals surface area contributed by atoms with Crippen LogP contribution in [-0.4, -0.2) is 11.8 Å². The van der Waals surface area contributed by atoms with Crippen LogP contribution >= 0.6 is 0 Å². The number of Topliss-reactive ketones (excluding diaryl/α,β-unsaturated/α-hetero) is 1. The summed E-state index contributed by atoms with van der Waals surface area (Å²) in [5.41, 5.74) is 2.78. The third-order valence-corrected chi connectivity index (χ3v) is 4.11. The van der Waals surface area contributed by atoms with E-state index in [1.165, 1.54) is 6.08 Å². The second-order valence-corrected chi connectivity index (χ2v) is 6.03. The highest BCUT2D eigenvalue weighted by Gasteiger charge is 2.14. The van der Waals surface area contributed by atoms with E-state index in [4.69, 9.17) is 4.74 Å². The molecule has 0 radical (unpaired) electrons. The highest BCUT2D eigenvalue weighted by atomic mass is 16.5. The first kappa shape index (κ1) is 16.9. The van der Waals surface area contributed by atoms with Crippen molar-refractivity contribution in [3.05, 3.63) is 77.4 Å². The Hall–Kier alpha value is -2.94. The molecule has 0 atom stereocenters. The Morgan fingerprint density at radius 2 is 1.60 bits per heavy atom. The molecule has 1 saturated carbocycles. The number of carbonyl (C=O) groups is 2. The van der Waals surface area contributed by atoms with Gasteiger partial charge < -0.3 is 4.74 Å². The van der Waals surface area contributed by atoms with Crippen LogP contribution in [0.15, 0.2) is 66.2 Å². The molecule has 1 fully saturated rings. The predicted molar refractivity (Wildman–Crippen MR) is 99.0 cm³/mol. The number of rotatable bonds is 4. The Morgan fingerprint density at radius 1 is 0.880 bits per heavy atom. The van der Waals surface area contributed by atoms with Crippen LogP contribution in [0.25, 0.3) is 12.2 Å². The summed E-state index contributed by atoms with van der Waals surface area (Å²) in [5.74, 6) is 0.310. The minimum absolute atomic E-state index is 0.243. The van der Waals surface area contributed by atoms with E-state index in [0.29, 0.717) is 12.2 Å². The van der Waals surface area contributed by atoms with Crippen molar-refractivity contribution in [2.75, 3.05) is 0 Å². The molecule has 0 heterocycles. The second-order valence-electron chi connectivity index (χ2n) is 6.03. The summed E-state index contributed by atoms with van der Waals surface area (Å²) in [4.78, 5) is 23.7. The average molecular weight is 332 g/mol. The third kappa shape index (κ3) is 5.01. The molecule has 3 rings (SSSR count). The summed E-state index contributed by atoms with van der Waals surface area (Å²) in [6, 6.07) is 16.8. The summed E-state index contributed by atoms with van der Waals surface area (Å²) in [5, 5.41) is 0. The Labute approximate surface area is 147 Å². The van der Waals surface area contributed by atoms with Gasteiger partial charge in [0.2, 0.25) is 0 Å². The number of esters is 1. The zero-order valence-corrected chi connectivity index (χ0v) is 14.0. The van der Waals surface area contributed by atoms with Gasteiger partial charge in [0.25, 0.3) is 0 Å². The van der Waals surface area contributed by atoms with Gasteiger partial charge in [0.15, 0.2) is 5.78 Å². The number of benzene rings is 2. The van der Waals surface area contributed by atoms with Crippen molar-refractivity contribution in [2.24, 2.45) is 0 Å². The van der Waals surface area contributed by atoms with Gasteiger partial charge in [0, 0.05) is 12.5 Å². The van der Waals surface area contributed by atoms with Crippen molar-refractivity contribution < 1.29 is 14.3 Å². The summed E-state index contributed by atoms with van der Waals surface area (Å²) in [6.45, 7) is 0. The van der Waals surface area contributed by atoms with Gasteiger partial charge in [0.1, 0.15) is 5.75 Å². The Morgan fingerprint density at radius 3 is 2.32 bits per heavy atom.